The Kier molecular flexibility index (Phi) is 11.2. The van der Waals surface area contributed by atoms with Gasteiger partial charge in [-0.2, -0.15) is 0 Å². The van der Waals surface area contributed by atoms with Crippen molar-refractivity contribution in [2.24, 2.45) is 0 Å². The summed E-state index contributed by atoms with van der Waals surface area (Å²) in [6, 6.07) is 7.32. The van der Waals surface area contributed by atoms with Crippen LogP contribution in [0.5, 0.6) is 23.0 Å². The first-order valence-electron chi connectivity index (χ1n) is 13.8. The molecule has 0 saturated carbocycles. The van der Waals surface area contributed by atoms with Crippen molar-refractivity contribution in [1.82, 2.24) is 0 Å². The molecule has 2 heterocycles. The van der Waals surface area contributed by atoms with Gasteiger partial charge >= 0.3 is 5.97 Å². The monoisotopic (exact) mass is 640 g/mol. The Bertz CT molecular complexity index is 1340. The lowest BCUT2D eigenvalue weighted by Crippen LogP contribution is -2.65. The number of esters is 1. The van der Waals surface area contributed by atoms with Gasteiger partial charge in [0.2, 0.25) is 0 Å². The average molecular weight is 641 g/mol. The van der Waals surface area contributed by atoms with E-state index in [9.17, 15) is 55.9 Å². The van der Waals surface area contributed by atoms with E-state index in [0.717, 1.165) is 18.2 Å². The minimum atomic E-state index is -1.83. The summed E-state index contributed by atoms with van der Waals surface area (Å²) in [5, 5.41) is 101. The van der Waals surface area contributed by atoms with Gasteiger partial charge in [0.15, 0.2) is 41.7 Å². The van der Waals surface area contributed by atoms with Crippen LogP contribution < -0.4 is 0 Å². The molecule has 0 amide bonds. The molecule has 0 bridgehead atoms. The third kappa shape index (κ3) is 8.00. The van der Waals surface area contributed by atoms with Gasteiger partial charge in [0.1, 0.15) is 42.7 Å². The topological polar surface area (TPSA) is 266 Å². The van der Waals surface area contributed by atoms with Gasteiger partial charge in [0.25, 0.3) is 0 Å². The minimum Gasteiger partial charge on any atom is -0.504 e. The van der Waals surface area contributed by atoms with Crippen LogP contribution in [0.2, 0.25) is 0 Å². The van der Waals surface area contributed by atoms with Crippen molar-refractivity contribution >= 4 is 12.0 Å². The molecule has 16 heteroatoms. The van der Waals surface area contributed by atoms with Crippen LogP contribution >= 0.6 is 0 Å². The zero-order chi connectivity index (χ0) is 33.0. The Labute approximate surface area is 256 Å². The maximum atomic E-state index is 12.8. The molecule has 0 aromatic heterocycles. The largest absolute Gasteiger partial charge is 0.504 e. The Hall–Kier alpha value is -3.55. The van der Waals surface area contributed by atoms with E-state index in [1.54, 1.807) is 0 Å². The number of hydrogen-bond acceptors (Lipinski definition) is 16. The third-order valence-electron chi connectivity index (χ3n) is 7.36. The molecule has 0 radical (unpaired) electrons. The van der Waals surface area contributed by atoms with E-state index >= 15 is 0 Å². The van der Waals surface area contributed by atoms with Crippen LogP contribution in [0.4, 0.5) is 0 Å². The van der Waals surface area contributed by atoms with Crippen LogP contribution in [0.15, 0.2) is 42.5 Å². The van der Waals surface area contributed by atoms with E-state index in [1.165, 1.54) is 37.3 Å². The van der Waals surface area contributed by atoms with Gasteiger partial charge in [-0.1, -0.05) is 12.1 Å². The van der Waals surface area contributed by atoms with Gasteiger partial charge in [-0.15, -0.1) is 0 Å². The van der Waals surface area contributed by atoms with Crippen molar-refractivity contribution in [3.63, 3.8) is 0 Å². The third-order valence-corrected chi connectivity index (χ3v) is 7.36. The molecule has 16 nitrogen and oxygen atoms in total. The second-order valence-corrected chi connectivity index (χ2v) is 10.6. The second-order valence-electron chi connectivity index (χ2n) is 10.6. The molecular weight excluding hydrogens is 604 g/mol. The lowest BCUT2D eigenvalue weighted by molar-refractivity contribution is -0.358. The minimum absolute atomic E-state index is 0.142. The molecular formula is C29H36O16. The van der Waals surface area contributed by atoms with E-state index in [1.807, 2.05) is 0 Å². The Balaban J connectivity index is 1.54. The molecule has 1 unspecified atom stereocenters. The van der Waals surface area contributed by atoms with Gasteiger partial charge in [-0.25, -0.2) is 4.79 Å². The zero-order valence-corrected chi connectivity index (χ0v) is 23.8. The summed E-state index contributed by atoms with van der Waals surface area (Å²) in [5.41, 5.74) is 0.450. The number of carbonyl (C=O) groups is 1. The predicted molar refractivity (Wildman–Crippen MR) is 148 cm³/mol. The fourth-order valence-corrected chi connectivity index (χ4v) is 4.77. The summed E-state index contributed by atoms with van der Waals surface area (Å²) in [6.07, 6.45) is -15.0. The first kappa shape index (κ1) is 34.3. The van der Waals surface area contributed by atoms with Crippen LogP contribution in [0.3, 0.4) is 0 Å². The molecule has 4 rings (SSSR count). The van der Waals surface area contributed by atoms with Gasteiger partial charge in [-0.3, -0.25) is 0 Å². The van der Waals surface area contributed by atoms with Crippen molar-refractivity contribution in [1.29, 1.82) is 0 Å². The molecule has 0 aliphatic carbocycles. The summed E-state index contributed by atoms with van der Waals surface area (Å²) in [4.78, 5) is 12.8. The van der Waals surface area contributed by atoms with Gasteiger partial charge < -0.3 is 74.7 Å². The molecule has 2 aromatic carbocycles. The number of hydrogen-bond donors (Lipinski definition) is 10. The number of phenolic OH excluding ortho intramolecular Hbond substituents is 4. The zero-order valence-electron chi connectivity index (χ0n) is 23.8. The number of aliphatic hydroxyl groups is 6. The number of carbonyl (C=O) groups excluding carboxylic acids is 1. The van der Waals surface area contributed by atoms with Gasteiger partial charge in [0.05, 0.1) is 19.3 Å². The highest BCUT2D eigenvalue weighted by Crippen LogP contribution is 2.33. The summed E-state index contributed by atoms with van der Waals surface area (Å²) >= 11 is 0. The standard InChI is InChI=1S/C29H36O16/c1-12-22(37)23(38)24(39)29(42-12)45-27-25(40)28(41-11-19(35)14-4-6-16(32)18(34)9-14)43-20(10-30)26(27)44-21(36)7-3-13-2-5-15(31)17(33)8-13/h2-9,12,19-20,22-35,37-40H,10-11H2,1H3/t12-,19?,20+,22-,23+,24+,25+,26+,27+,28+,29-/m0/s1. The lowest BCUT2D eigenvalue weighted by Gasteiger charge is -2.46. The lowest BCUT2D eigenvalue weighted by atomic mass is 9.97. The summed E-state index contributed by atoms with van der Waals surface area (Å²) < 4.78 is 27.9. The predicted octanol–water partition coefficient (Wildman–Crippen LogP) is -1.53. The summed E-state index contributed by atoms with van der Waals surface area (Å²) in [5.74, 6) is -2.75. The Morgan fingerprint density at radius 2 is 1.51 bits per heavy atom. The highest BCUT2D eigenvalue weighted by atomic mass is 16.7. The molecule has 2 saturated heterocycles. The average Bonchev–Trinajstić information content (AvgIpc) is 3.01. The molecule has 0 spiro atoms. The molecule has 248 valence electrons. The van der Waals surface area contributed by atoms with Crippen LogP contribution in [0.25, 0.3) is 6.08 Å². The SMILES string of the molecule is C[C@@H]1O[C@@H](O[C@@H]2[C@@H](O)[C@H](OCC(O)c3ccc(O)c(O)c3)O[C@H](CO)[C@H]2OC(=O)C=Cc2ccc(O)c(O)c2)[C@H](O)[C@H](O)[C@H]1O. The van der Waals surface area contributed by atoms with E-state index in [2.05, 4.69) is 0 Å². The fourth-order valence-electron chi connectivity index (χ4n) is 4.77. The molecule has 10 N–H and O–H groups in total. The molecule has 2 aliphatic rings. The van der Waals surface area contributed by atoms with Crippen molar-refractivity contribution in [3.8, 4) is 23.0 Å². The van der Waals surface area contributed by atoms with Crippen molar-refractivity contribution < 1.29 is 79.5 Å². The first-order valence-corrected chi connectivity index (χ1v) is 13.8. The second kappa shape index (κ2) is 14.7. The number of ether oxygens (including phenoxy) is 5. The van der Waals surface area contributed by atoms with E-state index in [4.69, 9.17) is 23.7 Å². The van der Waals surface area contributed by atoms with Gasteiger partial charge in [-0.05, 0) is 48.4 Å². The highest BCUT2D eigenvalue weighted by molar-refractivity contribution is 5.87. The Morgan fingerprint density at radius 3 is 2.16 bits per heavy atom. The smallest absolute Gasteiger partial charge is 0.331 e. The van der Waals surface area contributed by atoms with Crippen LogP contribution in [-0.4, -0.2) is 132 Å². The van der Waals surface area contributed by atoms with Crippen molar-refractivity contribution in [3.05, 3.63) is 53.6 Å². The van der Waals surface area contributed by atoms with Crippen LogP contribution in [0, 0.1) is 0 Å². The number of phenols is 4. The summed E-state index contributed by atoms with van der Waals surface area (Å²) in [7, 11) is 0. The highest BCUT2D eigenvalue weighted by Gasteiger charge is 2.52. The molecule has 2 aromatic rings. The molecule has 2 fully saturated rings. The van der Waals surface area contributed by atoms with E-state index in [-0.39, 0.29) is 11.3 Å². The van der Waals surface area contributed by atoms with E-state index < -0.39 is 104 Å². The maximum Gasteiger partial charge on any atom is 0.331 e. The first-order chi connectivity index (χ1) is 21.3. The number of aromatic hydroxyl groups is 4. The van der Waals surface area contributed by atoms with Crippen LogP contribution in [-0.2, 0) is 28.5 Å². The number of aliphatic hydroxyl groups excluding tert-OH is 6. The fraction of sp³-hybridized carbons (Fsp3) is 0.483. The summed E-state index contributed by atoms with van der Waals surface area (Å²) in [6.45, 7) is 0.0546. The molecule has 45 heavy (non-hydrogen) atoms. The number of rotatable bonds is 10. The van der Waals surface area contributed by atoms with Gasteiger partial charge in [0, 0.05) is 6.08 Å². The normalized spacial score (nSPS) is 32.8. The maximum absolute atomic E-state index is 12.8. The van der Waals surface area contributed by atoms with E-state index in [0.29, 0.717) is 5.56 Å². The quantitative estimate of drug-likeness (QED) is 0.0802. The van der Waals surface area contributed by atoms with Crippen LogP contribution in [0.1, 0.15) is 24.2 Å². The molecule has 11 atom stereocenters. The van der Waals surface area contributed by atoms with Crippen molar-refractivity contribution in [2.45, 2.75) is 74.4 Å². The van der Waals surface area contributed by atoms with Crippen molar-refractivity contribution in [2.75, 3.05) is 13.2 Å². The molecule has 2 aliphatic heterocycles. The Morgan fingerprint density at radius 1 is 0.844 bits per heavy atom. The number of benzene rings is 2.